The molecule has 0 spiro atoms. The van der Waals surface area contributed by atoms with Crippen molar-refractivity contribution in [2.24, 2.45) is 0 Å². The van der Waals surface area contributed by atoms with Crippen LogP contribution in [-0.4, -0.2) is 46.4 Å². The molecule has 0 saturated carbocycles. The van der Waals surface area contributed by atoms with E-state index >= 15 is 0 Å². The van der Waals surface area contributed by atoms with E-state index in [0.717, 1.165) is 4.90 Å². The molecule has 0 radical (unpaired) electrons. The van der Waals surface area contributed by atoms with Gasteiger partial charge >= 0.3 is 129 Å². The molecule has 21 heavy (non-hydrogen) atoms. The zero-order valence-electron chi connectivity index (χ0n) is 13.2. The van der Waals surface area contributed by atoms with Gasteiger partial charge in [-0.05, 0) is 0 Å². The SMILES string of the molecule is CC(C)(C(=O)[CH2][Sn]([CH3])([CH3])[CH3])N1C(=O)c2ccccc2C1=O. The molecule has 0 saturated heterocycles. The van der Waals surface area contributed by atoms with Crippen LogP contribution < -0.4 is 0 Å². The van der Waals surface area contributed by atoms with Crippen molar-refractivity contribution in [2.75, 3.05) is 0 Å². The number of fused-ring (bicyclic) bond motifs is 1. The molecule has 2 amide bonds. The number of hydrogen-bond donors (Lipinski definition) is 0. The van der Waals surface area contributed by atoms with Crippen molar-refractivity contribution in [3.63, 3.8) is 0 Å². The van der Waals surface area contributed by atoms with Gasteiger partial charge in [0.25, 0.3) is 0 Å². The van der Waals surface area contributed by atoms with Crippen LogP contribution in [0.25, 0.3) is 0 Å². The fourth-order valence-corrected chi connectivity index (χ4v) is 6.50. The third kappa shape index (κ3) is 2.91. The number of imide groups is 1. The van der Waals surface area contributed by atoms with Crippen molar-refractivity contribution >= 4 is 36.0 Å². The molecule has 1 aromatic carbocycles. The van der Waals surface area contributed by atoms with Gasteiger partial charge in [-0.15, -0.1) is 0 Å². The first kappa shape index (κ1) is 16.2. The van der Waals surface area contributed by atoms with E-state index in [9.17, 15) is 14.4 Å². The van der Waals surface area contributed by atoms with Crippen LogP contribution in [0.1, 0.15) is 34.6 Å². The quantitative estimate of drug-likeness (QED) is 0.583. The summed E-state index contributed by atoms with van der Waals surface area (Å²) in [6, 6.07) is 6.74. The van der Waals surface area contributed by atoms with Crippen molar-refractivity contribution in [2.45, 2.75) is 38.6 Å². The Labute approximate surface area is 129 Å². The Morgan fingerprint density at radius 3 is 1.86 bits per heavy atom. The summed E-state index contributed by atoms with van der Waals surface area (Å²) in [5, 5.41) is 0. The van der Waals surface area contributed by atoms with Gasteiger partial charge in [0.15, 0.2) is 0 Å². The summed E-state index contributed by atoms with van der Waals surface area (Å²) in [7, 11) is 0. The molecule has 0 atom stereocenters. The predicted octanol–water partition coefficient (Wildman–Crippen LogP) is 2.97. The Kier molecular flexibility index (Phi) is 4.04. The maximum absolute atomic E-state index is 12.6. The second kappa shape index (κ2) is 5.23. The summed E-state index contributed by atoms with van der Waals surface area (Å²) in [5.41, 5.74) is -0.303. The Morgan fingerprint density at radius 1 is 1.05 bits per heavy atom. The molecule has 112 valence electrons. The van der Waals surface area contributed by atoms with Crippen LogP contribution >= 0.6 is 0 Å². The summed E-state index contributed by atoms with van der Waals surface area (Å²) >= 11 is -2.33. The number of hydrogen-bond acceptors (Lipinski definition) is 3. The minimum absolute atomic E-state index is 0.0136. The number of rotatable bonds is 4. The molecule has 1 heterocycles. The molecule has 1 aromatic rings. The monoisotopic (exact) mass is 395 g/mol. The molecule has 0 bridgehead atoms. The van der Waals surface area contributed by atoms with E-state index in [0.29, 0.717) is 15.6 Å². The first-order valence-electron chi connectivity index (χ1n) is 7.07. The molecule has 4 nitrogen and oxygen atoms in total. The van der Waals surface area contributed by atoms with Gasteiger partial charge in [-0.3, -0.25) is 0 Å². The van der Waals surface area contributed by atoms with Crippen LogP contribution in [0.3, 0.4) is 0 Å². The van der Waals surface area contributed by atoms with E-state index in [1.165, 1.54) is 0 Å². The molecule has 2 rings (SSSR count). The molecule has 1 aliphatic heterocycles. The predicted molar refractivity (Wildman–Crippen MR) is 84.2 cm³/mol. The third-order valence-corrected chi connectivity index (χ3v) is 7.67. The molecule has 0 aromatic heterocycles. The zero-order chi connectivity index (χ0) is 16.0. The van der Waals surface area contributed by atoms with Gasteiger partial charge < -0.3 is 0 Å². The molecule has 0 fully saturated rings. The van der Waals surface area contributed by atoms with Gasteiger partial charge in [-0.1, -0.05) is 0 Å². The van der Waals surface area contributed by atoms with Gasteiger partial charge in [-0.2, -0.15) is 0 Å². The van der Waals surface area contributed by atoms with E-state index in [4.69, 9.17) is 0 Å². The van der Waals surface area contributed by atoms with E-state index in [2.05, 4.69) is 14.8 Å². The normalized spacial score (nSPS) is 15.4. The van der Waals surface area contributed by atoms with E-state index < -0.39 is 23.9 Å². The molecule has 5 heteroatoms. The first-order valence-corrected chi connectivity index (χ1v) is 17.6. The topological polar surface area (TPSA) is 54.5 Å². The second-order valence-corrected chi connectivity index (χ2v) is 22.8. The summed E-state index contributed by atoms with van der Waals surface area (Å²) < 4.78 is 0.523. The summed E-state index contributed by atoms with van der Waals surface area (Å²) in [6.07, 6.45) is 0. The van der Waals surface area contributed by atoms with Gasteiger partial charge in [0, 0.05) is 0 Å². The van der Waals surface area contributed by atoms with Gasteiger partial charge in [0.1, 0.15) is 0 Å². The maximum atomic E-state index is 12.6. The van der Waals surface area contributed by atoms with Crippen molar-refractivity contribution in [1.82, 2.24) is 4.90 Å². The molecule has 0 aliphatic carbocycles. The number of Topliss-reactive ketones (excluding diaryl/α,β-unsaturated/α-hetero) is 1. The number of carbonyl (C=O) groups is 3. The molecule has 1 aliphatic rings. The van der Waals surface area contributed by atoms with E-state index in [-0.39, 0.29) is 17.6 Å². The second-order valence-electron chi connectivity index (χ2n) is 7.21. The standard InChI is InChI=1S/C13H12NO3.3CH3.Sn/c1-8(15)13(2,3)14-11(16)9-6-4-5-7-10(9)12(14)17;;;;/h4-7H,1H2,2-3H3;3*1H3;. The Bertz CT molecular complexity index is 594. The van der Waals surface area contributed by atoms with Gasteiger partial charge in [0.2, 0.25) is 0 Å². The third-order valence-electron chi connectivity index (χ3n) is 3.73. The van der Waals surface area contributed by atoms with Gasteiger partial charge in [0.05, 0.1) is 0 Å². The summed E-state index contributed by atoms with van der Waals surface area (Å²) in [6.45, 7) is 3.35. The number of ketones is 1. The fourth-order valence-electron chi connectivity index (χ4n) is 2.52. The van der Waals surface area contributed by atoms with Crippen LogP contribution in [0.2, 0.25) is 19.3 Å². The number of benzene rings is 1. The van der Waals surface area contributed by atoms with E-state index in [1.807, 2.05) is 0 Å². The van der Waals surface area contributed by atoms with Crippen LogP contribution in [0, 0.1) is 0 Å². The zero-order valence-corrected chi connectivity index (χ0v) is 16.0. The Morgan fingerprint density at radius 2 is 1.48 bits per heavy atom. The van der Waals surface area contributed by atoms with Crippen molar-refractivity contribution in [3.05, 3.63) is 35.4 Å². The van der Waals surface area contributed by atoms with Crippen molar-refractivity contribution in [1.29, 1.82) is 0 Å². The molecule has 0 N–H and O–H groups in total. The van der Waals surface area contributed by atoms with Crippen LogP contribution in [0.4, 0.5) is 0 Å². The van der Waals surface area contributed by atoms with E-state index in [1.54, 1.807) is 38.1 Å². The molecular formula is C16H21NO3Sn. The molecule has 0 unspecified atom stereocenters. The summed E-state index contributed by atoms with van der Waals surface area (Å²) in [5.74, 6) is -0.739. The van der Waals surface area contributed by atoms with Gasteiger partial charge in [-0.25, -0.2) is 0 Å². The van der Waals surface area contributed by atoms with Crippen LogP contribution in [-0.2, 0) is 4.79 Å². The van der Waals surface area contributed by atoms with Crippen LogP contribution in [0.5, 0.6) is 0 Å². The van der Waals surface area contributed by atoms with Crippen molar-refractivity contribution in [3.8, 4) is 0 Å². The Balaban J connectivity index is 2.37. The molecular weight excluding hydrogens is 373 g/mol. The number of carbonyl (C=O) groups excluding carboxylic acids is 3. The summed E-state index contributed by atoms with van der Waals surface area (Å²) in [4.78, 5) is 45.3. The number of amides is 2. The minimum atomic E-state index is -2.33. The fraction of sp³-hybridized carbons (Fsp3) is 0.438. The first-order chi connectivity index (χ1) is 9.55. The number of nitrogens with zero attached hydrogens (tertiary/aromatic N) is 1. The average Bonchev–Trinajstić information content (AvgIpc) is 2.61. The Hall–Kier alpha value is -1.17. The van der Waals surface area contributed by atoms with Crippen LogP contribution in [0.15, 0.2) is 24.3 Å². The average molecular weight is 394 g/mol. The van der Waals surface area contributed by atoms with Crippen molar-refractivity contribution < 1.29 is 14.4 Å².